The van der Waals surface area contributed by atoms with Crippen LogP contribution in [-0.2, 0) is 11.8 Å². The van der Waals surface area contributed by atoms with Crippen molar-refractivity contribution in [3.05, 3.63) is 34.2 Å². The van der Waals surface area contributed by atoms with Gasteiger partial charge in [-0.15, -0.1) is 11.3 Å². The molecular formula is C22H26N8OS. The van der Waals surface area contributed by atoms with Crippen molar-refractivity contribution in [1.82, 2.24) is 25.4 Å². The number of aryl methyl sites for hydroxylation is 1. The molecule has 10 heteroatoms. The van der Waals surface area contributed by atoms with Crippen LogP contribution in [0.25, 0.3) is 11.5 Å². The monoisotopic (exact) mass is 450 g/mol. The first-order valence-electron chi connectivity index (χ1n) is 11.0. The maximum Gasteiger partial charge on any atom is 0.237 e. The van der Waals surface area contributed by atoms with Gasteiger partial charge in [0, 0.05) is 35.8 Å². The molecule has 0 aromatic carbocycles. The van der Waals surface area contributed by atoms with Crippen molar-refractivity contribution in [3.8, 4) is 17.6 Å². The third-order valence-corrected chi connectivity index (χ3v) is 7.58. The Labute approximate surface area is 190 Å². The molecule has 32 heavy (non-hydrogen) atoms. The normalized spacial score (nSPS) is 23.4. The Bertz CT molecular complexity index is 1180. The summed E-state index contributed by atoms with van der Waals surface area (Å²) in [7, 11) is 0. The zero-order valence-electron chi connectivity index (χ0n) is 18.3. The highest BCUT2D eigenvalue weighted by Gasteiger charge is 2.43. The SMILES string of the molecule is C[C@H]1CNCCCN1c1nccc(-c2noc([C@]3(C)CCCc4sc(N)c(C#N)c43)n2)n1. The van der Waals surface area contributed by atoms with Crippen LogP contribution < -0.4 is 16.0 Å². The van der Waals surface area contributed by atoms with Crippen LogP contribution in [0, 0.1) is 11.3 Å². The summed E-state index contributed by atoms with van der Waals surface area (Å²) in [5.41, 5.74) is 7.71. The second-order valence-electron chi connectivity index (χ2n) is 8.70. The van der Waals surface area contributed by atoms with E-state index in [0.717, 1.165) is 55.8 Å². The van der Waals surface area contributed by atoms with Gasteiger partial charge in [0.15, 0.2) is 0 Å². The van der Waals surface area contributed by atoms with Gasteiger partial charge < -0.3 is 20.5 Å². The number of nitrogens with zero attached hydrogens (tertiary/aromatic N) is 6. The third kappa shape index (κ3) is 3.42. The van der Waals surface area contributed by atoms with Crippen LogP contribution in [0.5, 0.6) is 0 Å². The van der Waals surface area contributed by atoms with Crippen molar-refractivity contribution in [2.24, 2.45) is 0 Å². The standard InChI is InChI=1S/C22H26N8OS/c1-13-12-25-8-4-10-30(13)21-26-9-6-15(27-21)19-28-20(31-29-19)22(2)7-3-5-16-17(22)14(11-23)18(24)32-16/h6,9,13,25H,3-5,7-8,10,12,24H2,1-2H3/t13-,22+/m0/s1. The van der Waals surface area contributed by atoms with E-state index in [4.69, 9.17) is 20.2 Å². The Morgan fingerprint density at radius 1 is 1.38 bits per heavy atom. The molecule has 3 aromatic rings. The molecule has 2 atom stereocenters. The fraction of sp³-hybridized carbons (Fsp3) is 0.500. The van der Waals surface area contributed by atoms with E-state index in [9.17, 15) is 5.26 Å². The predicted octanol–water partition coefficient (Wildman–Crippen LogP) is 2.87. The van der Waals surface area contributed by atoms with Crippen molar-refractivity contribution in [1.29, 1.82) is 5.26 Å². The van der Waals surface area contributed by atoms with Crippen molar-refractivity contribution >= 4 is 22.3 Å². The molecule has 0 radical (unpaired) electrons. The summed E-state index contributed by atoms with van der Waals surface area (Å²) in [6.07, 6.45) is 5.49. The van der Waals surface area contributed by atoms with E-state index in [0.29, 0.717) is 40.0 Å². The Balaban J connectivity index is 1.50. The zero-order chi connectivity index (χ0) is 22.3. The van der Waals surface area contributed by atoms with Crippen LogP contribution in [-0.4, -0.2) is 45.8 Å². The molecule has 1 aliphatic carbocycles. The second-order valence-corrected chi connectivity index (χ2v) is 9.84. The molecule has 5 rings (SSSR count). The molecule has 3 N–H and O–H groups in total. The van der Waals surface area contributed by atoms with Gasteiger partial charge >= 0.3 is 0 Å². The molecule has 9 nitrogen and oxygen atoms in total. The van der Waals surface area contributed by atoms with E-state index >= 15 is 0 Å². The van der Waals surface area contributed by atoms with E-state index in [1.54, 1.807) is 12.3 Å². The van der Waals surface area contributed by atoms with Crippen LogP contribution in [0.3, 0.4) is 0 Å². The maximum atomic E-state index is 9.71. The fourth-order valence-corrected chi connectivity index (χ4v) is 5.98. The summed E-state index contributed by atoms with van der Waals surface area (Å²) in [6.45, 7) is 7.01. The molecule has 0 spiro atoms. The van der Waals surface area contributed by atoms with Gasteiger partial charge in [0.25, 0.3) is 0 Å². The lowest BCUT2D eigenvalue weighted by molar-refractivity contribution is 0.300. The number of aromatic nitrogens is 4. The van der Waals surface area contributed by atoms with Gasteiger partial charge in [0.1, 0.15) is 16.8 Å². The summed E-state index contributed by atoms with van der Waals surface area (Å²) in [5.74, 6) is 1.60. The number of fused-ring (bicyclic) bond motifs is 1. The third-order valence-electron chi connectivity index (χ3n) is 6.50. The van der Waals surface area contributed by atoms with Crippen molar-refractivity contribution < 1.29 is 4.52 Å². The molecule has 166 valence electrons. The minimum absolute atomic E-state index is 0.293. The van der Waals surface area contributed by atoms with Crippen molar-refractivity contribution in [3.63, 3.8) is 0 Å². The average Bonchev–Trinajstić information content (AvgIpc) is 3.35. The molecule has 1 aliphatic heterocycles. The van der Waals surface area contributed by atoms with Gasteiger partial charge in [-0.25, -0.2) is 9.97 Å². The highest BCUT2D eigenvalue weighted by molar-refractivity contribution is 7.16. The van der Waals surface area contributed by atoms with Crippen LogP contribution in [0.4, 0.5) is 10.9 Å². The quantitative estimate of drug-likeness (QED) is 0.618. The lowest BCUT2D eigenvalue weighted by atomic mass is 9.72. The largest absolute Gasteiger partial charge is 0.389 e. The number of thiophene rings is 1. The van der Waals surface area contributed by atoms with Crippen LogP contribution >= 0.6 is 11.3 Å². The summed E-state index contributed by atoms with van der Waals surface area (Å²) in [6, 6.07) is 4.38. The number of nitriles is 1. The molecule has 0 saturated carbocycles. The van der Waals surface area contributed by atoms with Crippen LogP contribution in [0.2, 0.25) is 0 Å². The average molecular weight is 451 g/mol. The molecule has 4 heterocycles. The first-order chi connectivity index (χ1) is 15.5. The zero-order valence-corrected chi connectivity index (χ0v) is 19.1. The van der Waals surface area contributed by atoms with Gasteiger partial charge in [-0.1, -0.05) is 5.16 Å². The Hall–Kier alpha value is -3.03. The summed E-state index contributed by atoms with van der Waals surface area (Å²) < 4.78 is 5.76. The fourth-order valence-electron chi connectivity index (χ4n) is 4.79. The first kappa shape index (κ1) is 20.8. The molecule has 0 unspecified atom stereocenters. The highest BCUT2D eigenvalue weighted by Crippen LogP contribution is 2.48. The number of hydrogen-bond acceptors (Lipinski definition) is 10. The number of nitrogens with two attached hydrogens (primary N) is 1. The number of nitrogens with one attached hydrogen (secondary N) is 1. The minimum Gasteiger partial charge on any atom is -0.389 e. The highest BCUT2D eigenvalue weighted by atomic mass is 32.1. The summed E-state index contributed by atoms with van der Waals surface area (Å²) >= 11 is 1.50. The number of nitrogen functional groups attached to an aromatic ring is 1. The summed E-state index contributed by atoms with van der Waals surface area (Å²) in [5, 5.41) is 18.0. The lowest BCUT2D eigenvalue weighted by Gasteiger charge is -2.30. The molecule has 2 aliphatic rings. The van der Waals surface area contributed by atoms with Crippen LogP contribution in [0.15, 0.2) is 16.8 Å². The molecular weight excluding hydrogens is 424 g/mol. The maximum absolute atomic E-state index is 9.71. The molecule has 1 fully saturated rings. The Kier molecular flexibility index (Phi) is 5.31. The van der Waals surface area contributed by atoms with Gasteiger partial charge in [-0.3, -0.25) is 0 Å². The minimum atomic E-state index is -0.543. The molecule has 3 aromatic heterocycles. The Morgan fingerprint density at radius 3 is 3.09 bits per heavy atom. The van der Waals surface area contributed by atoms with Gasteiger partial charge in [0.2, 0.25) is 17.7 Å². The smallest absolute Gasteiger partial charge is 0.237 e. The topological polar surface area (TPSA) is 130 Å². The predicted molar refractivity (Wildman–Crippen MR) is 122 cm³/mol. The van der Waals surface area contributed by atoms with Gasteiger partial charge in [-0.2, -0.15) is 10.2 Å². The van der Waals surface area contributed by atoms with E-state index in [2.05, 4.69) is 40.3 Å². The molecule has 1 saturated heterocycles. The van der Waals surface area contributed by atoms with Gasteiger partial charge in [-0.05, 0) is 52.1 Å². The van der Waals surface area contributed by atoms with Crippen LogP contribution in [0.1, 0.15) is 55.0 Å². The first-order valence-corrected chi connectivity index (χ1v) is 11.8. The second kappa shape index (κ2) is 8.15. The van der Waals surface area contributed by atoms with E-state index in [-0.39, 0.29) is 0 Å². The molecule has 0 bridgehead atoms. The summed E-state index contributed by atoms with van der Waals surface area (Å²) in [4.78, 5) is 17.3. The van der Waals surface area contributed by atoms with E-state index in [1.807, 2.05) is 0 Å². The van der Waals surface area contributed by atoms with E-state index in [1.165, 1.54) is 11.3 Å². The van der Waals surface area contributed by atoms with E-state index < -0.39 is 5.41 Å². The lowest BCUT2D eigenvalue weighted by Crippen LogP contribution is -2.38. The van der Waals surface area contributed by atoms with Crippen molar-refractivity contribution in [2.75, 3.05) is 30.3 Å². The Morgan fingerprint density at radius 2 is 2.25 bits per heavy atom. The number of hydrogen-bond donors (Lipinski definition) is 2. The van der Waals surface area contributed by atoms with Gasteiger partial charge in [0.05, 0.1) is 11.0 Å². The number of anilines is 2. The van der Waals surface area contributed by atoms with Crippen molar-refractivity contribution in [2.45, 2.75) is 51.0 Å². The number of rotatable bonds is 3. The molecule has 0 amide bonds.